The lowest BCUT2D eigenvalue weighted by atomic mass is 9.81. The van der Waals surface area contributed by atoms with Gasteiger partial charge in [0.25, 0.3) is 0 Å². The molecule has 0 radical (unpaired) electrons. The van der Waals surface area contributed by atoms with E-state index in [0.29, 0.717) is 31.7 Å². The maximum atomic E-state index is 13.7. The summed E-state index contributed by atoms with van der Waals surface area (Å²) in [4.78, 5) is 28.6. The van der Waals surface area contributed by atoms with Crippen molar-refractivity contribution in [2.24, 2.45) is 5.73 Å². The van der Waals surface area contributed by atoms with Crippen LogP contribution in [0.3, 0.4) is 0 Å². The fraction of sp³-hybridized carbons (Fsp3) is 0.579. The van der Waals surface area contributed by atoms with E-state index in [9.17, 15) is 14.0 Å². The van der Waals surface area contributed by atoms with Gasteiger partial charge in [0, 0.05) is 26.2 Å². The zero-order chi connectivity index (χ0) is 17.9. The molecule has 3 rings (SSSR count). The van der Waals surface area contributed by atoms with Gasteiger partial charge in [-0.2, -0.15) is 0 Å². The Bertz CT molecular complexity index is 635. The topological polar surface area (TPSA) is 66.6 Å². The normalized spacial score (nSPS) is 20.4. The fourth-order valence-corrected chi connectivity index (χ4v) is 3.79. The molecule has 1 aliphatic carbocycles. The number of carbonyl (C=O) groups excluding carboxylic acids is 2. The summed E-state index contributed by atoms with van der Waals surface area (Å²) in [5, 5.41) is 0. The first-order chi connectivity index (χ1) is 12.0. The quantitative estimate of drug-likeness (QED) is 0.905. The second-order valence-electron chi connectivity index (χ2n) is 7.16. The highest BCUT2D eigenvalue weighted by Crippen LogP contribution is 2.28. The number of carbonyl (C=O) groups is 2. The number of halogens is 1. The van der Waals surface area contributed by atoms with Crippen LogP contribution in [0.2, 0.25) is 0 Å². The van der Waals surface area contributed by atoms with Crippen molar-refractivity contribution in [2.75, 3.05) is 26.2 Å². The van der Waals surface area contributed by atoms with Gasteiger partial charge in [-0.25, -0.2) is 4.39 Å². The summed E-state index contributed by atoms with van der Waals surface area (Å²) in [6, 6.07) is 6.34. The standard InChI is InChI=1S/C19H26FN3O2/c20-16-7-3-2-6-15(16)14-17(24)22-10-12-23(13-11-22)18(25)19(21)8-4-1-5-9-19/h2-3,6-7H,1,4-5,8-14,21H2. The molecule has 0 aromatic heterocycles. The molecule has 0 spiro atoms. The third-order valence-corrected chi connectivity index (χ3v) is 5.39. The van der Waals surface area contributed by atoms with E-state index in [2.05, 4.69) is 0 Å². The average Bonchev–Trinajstić information content (AvgIpc) is 2.64. The van der Waals surface area contributed by atoms with Crippen LogP contribution in [0.15, 0.2) is 24.3 Å². The van der Waals surface area contributed by atoms with E-state index in [1.165, 1.54) is 6.07 Å². The first-order valence-electron chi connectivity index (χ1n) is 9.09. The molecule has 1 saturated heterocycles. The Kier molecular flexibility index (Phi) is 5.37. The minimum absolute atomic E-state index is 0.0217. The first-order valence-corrected chi connectivity index (χ1v) is 9.09. The van der Waals surface area contributed by atoms with Crippen molar-refractivity contribution in [1.82, 2.24) is 9.80 Å². The van der Waals surface area contributed by atoms with E-state index < -0.39 is 5.54 Å². The Morgan fingerprint density at radius 3 is 2.24 bits per heavy atom. The molecule has 1 aromatic rings. The lowest BCUT2D eigenvalue weighted by Crippen LogP contribution is -2.60. The summed E-state index contributed by atoms with van der Waals surface area (Å²) in [5.74, 6) is -0.433. The third-order valence-electron chi connectivity index (χ3n) is 5.39. The highest BCUT2D eigenvalue weighted by atomic mass is 19.1. The molecule has 0 bridgehead atoms. The molecule has 0 unspecified atom stereocenters. The predicted molar refractivity (Wildman–Crippen MR) is 93.3 cm³/mol. The Balaban J connectivity index is 1.54. The number of piperazine rings is 1. The number of hydrogen-bond acceptors (Lipinski definition) is 3. The number of rotatable bonds is 3. The summed E-state index contributed by atoms with van der Waals surface area (Å²) in [6.07, 6.45) is 4.70. The maximum Gasteiger partial charge on any atom is 0.242 e. The molecule has 25 heavy (non-hydrogen) atoms. The number of benzene rings is 1. The Hall–Kier alpha value is -1.95. The summed E-state index contributed by atoms with van der Waals surface area (Å²) < 4.78 is 13.7. The third kappa shape index (κ3) is 4.00. The highest BCUT2D eigenvalue weighted by molar-refractivity contribution is 5.86. The molecule has 136 valence electrons. The van der Waals surface area contributed by atoms with Gasteiger partial charge in [0.15, 0.2) is 0 Å². The van der Waals surface area contributed by atoms with Crippen LogP contribution in [0.5, 0.6) is 0 Å². The smallest absolute Gasteiger partial charge is 0.242 e. The van der Waals surface area contributed by atoms with Crippen LogP contribution in [0.4, 0.5) is 4.39 Å². The minimum atomic E-state index is -0.725. The van der Waals surface area contributed by atoms with Crippen LogP contribution < -0.4 is 5.73 Å². The molecule has 0 atom stereocenters. The van der Waals surface area contributed by atoms with Gasteiger partial charge in [0.05, 0.1) is 12.0 Å². The number of nitrogens with two attached hydrogens (primary N) is 1. The van der Waals surface area contributed by atoms with Crippen molar-refractivity contribution in [2.45, 2.75) is 44.1 Å². The molecule has 6 heteroatoms. The molecular weight excluding hydrogens is 321 g/mol. The lowest BCUT2D eigenvalue weighted by molar-refractivity contribution is -0.143. The van der Waals surface area contributed by atoms with Crippen LogP contribution >= 0.6 is 0 Å². The maximum absolute atomic E-state index is 13.7. The number of hydrogen-bond donors (Lipinski definition) is 1. The molecule has 2 fully saturated rings. The molecular formula is C19H26FN3O2. The molecule has 1 saturated carbocycles. The highest BCUT2D eigenvalue weighted by Gasteiger charge is 2.39. The van der Waals surface area contributed by atoms with Crippen LogP contribution in [-0.4, -0.2) is 53.3 Å². The largest absolute Gasteiger partial charge is 0.339 e. The van der Waals surface area contributed by atoms with Gasteiger partial charge in [-0.05, 0) is 24.5 Å². The van der Waals surface area contributed by atoms with Gasteiger partial charge in [-0.3, -0.25) is 9.59 Å². The van der Waals surface area contributed by atoms with Gasteiger partial charge in [0.2, 0.25) is 11.8 Å². The van der Waals surface area contributed by atoms with Crippen molar-refractivity contribution in [3.05, 3.63) is 35.6 Å². The Morgan fingerprint density at radius 1 is 1.00 bits per heavy atom. The summed E-state index contributed by atoms with van der Waals surface area (Å²) in [5.41, 5.74) is 6.02. The fourth-order valence-electron chi connectivity index (χ4n) is 3.79. The zero-order valence-electron chi connectivity index (χ0n) is 14.5. The zero-order valence-corrected chi connectivity index (χ0v) is 14.5. The van der Waals surface area contributed by atoms with E-state index in [4.69, 9.17) is 5.73 Å². The second-order valence-corrected chi connectivity index (χ2v) is 7.16. The molecule has 1 aliphatic heterocycles. The molecule has 2 aliphatic rings. The van der Waals surface area contributed by atoms with Crippen LogP contribution in [-0.2, 0) is 16.0 Å². The first kappa shape index (κ1) is 17.9. The molecule has 1 heterocycles. The summed E-state index contributed by atoms with van der Waals surface area (Å²) >= 11 is 0. The van der Waals surface area contributed by atoms with E-state index in [1.807, 2.05) is 0 Å². The van der Waals surface area contributed by atoms with Crippen molar-refractivity contribution in [3.63, 3.8) is 0 Å². The van der Waals surface area contributed by atoms with E-state index in [1.54, 1.807) is 28.0 Å². The summed E-state index contributed by atoms with van der Waals surface area (Å²) in [6.45, 7) is 1.96. The van der Waals surface area contributed by atoms with Crippen LogP contribution in [0.1, 0.15) is 37.7 Å². The molecule has 2 N–H and O–H groups in total. The van der Waals surface area contributed by atoms with Gasteiger partial charge < -0.3 is 15.5 Å². The molecule has 2 amide bonds. The van der Waals surface area contributed by atoms with Crippen molar-refractivity contribution in [3.8, 4) is 0 Å². The minimum Gasteiger partial charge on any atom is -0.339 e. The Labute approximate surface area is 148 Å². The van der Waals surface area contributed by atoms with Crippen molar-refractivity contribution < 1.29 is 14.0 Å². The average molecular weight is 347 g/mol. The van der Waals surface area contributed by atoms with E-state index in [-0.39, 0.29) is 24.1 Å². The molecule has 5 nitrogen and oxygen atoms in total. The van der Waals surface area contributed by atoms with Gasteiger partial charge >= 0.3 is 0 Å². The van der Waals surface area contributed by atoms with Crippen molar-refractivity contribution >= 4 is 11.8 Å². The predicted octanol–water partition coefficient (Wildman–Crippen LogP) is 1.70. The lowest BCUT2D eigenvalue weighted by Gasteiger charge is -2.41. The van der Waals surface area contributed by atoms with E-state index >= 15 is 0 Å². The van der Waals surface area contributed by atoms with Crippen LogP contribution in [0.25, 0.3) is 0 Å². The summed E-state index contributed by atoms with van der Waals surface area (Å²) in [7, 11) is 0. The van der Waals surface area contributed by atoms with Crippen LogP contribution in [0, 0.1) is 5.82 Å². The Morgan fingerprint density at radius 2 is 1.60 bits per heavy atom. The monoisotopic (exact) mass is 347 g/mol. The second kappa shape index (κ2) is 7.52. The van der Waals surface area contributed by atoms with E-state index in [0.717, 1.165) is 32.1 Å². The van der Waals surface area contributed by atoms with Gasteiger partial charge in [-0.15, -0.1) is 0 Å². The van der Waals surface area contributed by atoms with Gasteiger partial charge in [-0.1, -0.05) is 37.5 Å². The van der Waals surface area contributed by atoms with Crippen molar-refractivity contribution in [1.29, 1.82) is 0 Å². The number of amides is 2. The SMILES string of the molecule is NC1(C(=O)N2CCN(C(=O)Cc3ccccc3F)CC2)CCCCC1. The van der Waals surface area contributed by atoms with Gasteiger partial charge in [0.1, 0.15) is 5.82 Å². The molecule has 1 aromatic carbocycles. The number of nitrogens with zero attached hydrogens (tertiary/aromatic N) is 2.